The zero-order valence-electron chi connectivity index (χ0n) is 11.8. The lowest BCUT2D eigenvalue weighted by molar-refractivity contribution is -0.140. The Morgan fingerprint density at radius 2 is 2.00 bits per heavy atom. The maximum atomic E-state index is 12.0. The molecule has 112 valence electrons. The van der Waals surface area contributed by atoms with E-state index in [1.54, 1.807) is 12.2 Å². The summed E-state index contributed by atoms with van der Waals surface area (Å²) < 4.78 is 1.01. The van der Waals surface area contributed by atoms with Crippen LogP contribution in [0.15, 0.2) is 40.9 Å². The van der Waals surface area contributed by atoms with Gasteiger partial charge in [0.15, 0.2) is 0 Å². The van der Waals surface area contributed by atoms with Gasteiger partial charge in [-0.2, -0.15) is 0 Å². The molecule has 1 aliphatic rings. The van der Waals surface area contributed by atoms with Crippen LogP contribution in [-0.2, 0) is 9.59 Å². The Morgan fingerprint density at radius 1 is 1.33 bits per heavy atom. The van der Waals surface area contributed by atoms with E-state index in [1.165, 1.54) is 0 Å². The van der Waals surface area contributed by atoms with Gasteiger partial charge in [0.05, 0.1) is 5.92 Å². The second kappa shape index (κ2) is 6.89. The maximum Gasteiger partial charge on any atom is 0.310 e. The average Bonchev–Trinajstić information content (AvgIpc) is 2.87. The molecule has 2 rings (SSSR count). The summed E-state index contributed by atoms with van der Waals surface area (Å²) in [4.78, 5) is 22.9. The Bertz CT molecular complexity index is 553. The highest BCUT2D eigenvalue weighted by Crippen LogP contribution is 2.22. The first-order valence-electron chi connectivity index (χ1n) is 6.91. The van der Waals surface area contributed by atoms with Crippen LogP contribution < -0.4 is 5.32 Å². The van der Waals surface area contributed by atoms with Gasteiger partial charge in [-0.3, -0.25) is 9.59 Å². The highest BCUT2D eigenvalue weighted by molar-refractivity contribution is 9.10. The molecule has 0 aliphatic heterocycles. The van der Waals surface area contributed by atoms with Crippen molar-refractivity contribution in [3.05, 3.63) is 46.5 Å². The monoisotopic (exact) mass is 351 g/mol. The lowest BCUT2D eigenvalue weighted by Gasteiger charge is -2.15. The quantitative estimate of drug-likeness (QED) is 0.801. The standard InChI is InChI=1S/C16H18BrNO3/c1-10(11-2-5-13(17)6-3-11)8-15(19)18-14-7-4-12(9-14)16(20)21/h2-7,10,12,14H,8-9H2,1H3,(H,18,19)(H,20,21). The predicted molar refractivity (Wildman–Crippen MR) is 84.0 cm³/mol. The van der Waals surface area contributed by atoms with Crippen molar-refractivity contribution in [3.8, 4) is 0 Å². The van der Waals surface area contributed by atoms with E-state index in [0.29, 0.717) is 12.8 Å². The van der Waals surface area contributed by atoms with E-state index in [1.807, 2.05) is 31.2 Å². The number of halogens is 1. The molecular formula is C16H18BrNO3. The van der Waals surface area contributed by atoms with Gasteiger partial charge in [-0.1, -0.05) is 47.1 Å². The fraction of sp³-hybridized carbons (Fsp3) is 0.375. The summed E-state index contributed by atoms with van der Waals surface area (Å²) in [5, 5.41) is 11.8. The molecule has 5 heteroatoms. The van der Waals surface area contributed by atoms with Crippen LogP contribution in [0.4, 0.5) is 0 Å². The molecule has 0 aromatic heterocycles. The predicted octanol–water partition coefficient (Wildman–Crippen LogP) is 3.09. The Kier molecular flexibility index (Phi) is 5.17. The zero-order valence-corrected chi connectivity index (χ0v) is 13.3. The van der Waals surface area contributed by atoms with Crippen molar-refractivity contribution in [2.45, 2.75) is 31.7 Å². The topological polar surface area (TPSA) is 66.4 Å². The molecule has 1 aliphatic carbocycles. The zero-order chi connectivity index (χ0) is 15.4. The SMILES string of the molecule is CC(CC(=O)NC1C=CC(C(=O)O)C1)c1ccc(Br)cc1. The number of hydrogen-bond donors (Lipinski definition) is 2. The third-order valence-corrected chi connectivity index (χ3v) is 4.21. The smallest absolute Gasteiger partial charge is 0.310 e. The van der Waals surface area contributed by atoms with Crippen molar-refractivity contribution < 1.29 is 14.7 Å². The van der Waals surface area contributed by atoms with Crippen LogP contribution in [0.3, 0.4) is 0 Å². The van der Waals surface area contributed by atoms with Crippen molar-refractivity contribution >= 4 is 27.8 Å². The van der Waals surface area contributed by atoms with Crippen LogP contribution >= 0.6 is 15.9 Å². The third-order valence-electron chi connectivity index (χ3n) is 3.68. The van der Waals surface area contributed by atoms with Crippen LogP contribution in [0.5, 0.6) is 0 Å². The number of carbonyl (C=O) groups is 2. The molecule has 0 spiro atoms. The number of amides is 1. The van der Waals surface area contributed by atoms with Gasteiger partial charge in [-0.15, -0.1) is 0 Å². The minimum atomic E-state index is -0.841. The van der Waals surface area contributed by atoms with Crippen LogP contribution in [0.2, 0.25) is 0 Å². The van der Waals surface area contributed by atoms with Crippen molar-refractivity contribution in [1.29, 1.82) is 0 Å². The first-order chi connectivity index (χ1) is 9.95. The number of rotatable bonds is 5. The number of carboxylic acids is 1. The van der Waals surface area contributed by atoms with Gasteiger partial charge in [0.2, 0.25) is 5.91 Å². The first-order valence-corrected chi connectivity index (χ1v) is 7.71. The summed E-state index contributed by atoms with van der Waals surface area (Å²) in [5.74, 6) is -1.25. The highest BCUT2D eigenvalue weighted by Gasteiger charge is 2.25. The van der Waals surface area contributed by atoms with Crippen LogP contribution in [-0.4, -0.2) is 23.0 Å². The van der Waals surface area contributed by atoms with Crippen molar-refractivity contribution in [2.75, 3.05) is 0 Å². The Labute approximate surface area is 132 Å². The lowest BCUT2D eigenvalue weighted by Crippen LogP contribution is -2.33. The maximum absolute atomic E-state index is 12.0. The number of aliphatic carboxylic acids is 1. The molecule has 4 nitrogen and oxygen atoms in total. The number of hydrogen-bond acceptors (Lipinski definition) is 2. The van der Waals surface area contributed by atoms with Crippen LogP contribution in [0, 0.1) is 5.92 Å². The summed E-state index contributed by atoms with van der Waals surface area (Å²) in [6.45, 7) is 2.01. The molecule has 2 N–H and O–H groups in total. The second-order valence-electron chi connectivity index (χ2n) is 5.40. The van der Waals surface area contributed by atoms with E-state index >= 15 is 0 Å². The van der Waals surface area contributed by atoms with Gasteiger partial charge < -0.3 is 10.4 Å². The molecule has 1 aromatic carbocycles. The van der Waals surface area contributed by atoms with E-state index in [9.17, 15) is 9.59 Å². The van der Waals surface area contributed by atoms with E-state index in [-0.39, 0.29) is 17.9 Å². The molecule has 0 fully saturated rings. The minimum absolute atomic E-state index is 0.0499. The normalized spacial score (nSPS) is 22.0. The molecule has 1 aromatic rings. The van der Waals surface area contributed by atoms with Crippen molar-refractivity contribution in [3.63, 3.8) is 0 Å². The largest absolute Gasteiger partial charge is 0.481 e. The number of carbonyl (C=O) groups excluding carboxylic acids is 1. The van der Waals surface area contributed by atoms with Crippen molar-refractivity contribution in [1.82, 2.24) is 5.32 Å². The minimum Gasteiger partial charge on any atom is -0.481 e. The summed E-state index contributed by atoms with van der Waals surface area (Å²) in [6.07, 6.45) is 4.24. The van der Waals surface area contributed by atoms with Gasteiger partial charge in [0.1, 0.15) is 0 Å². The molecule has 1 amide bonds. The molecule has 0 bridgehead atoms. The van der Waals surface area contributed by atoms with E-state index in [2.05, 4.69) is 21.2 Å². The molecular weight excluding hydrogens is 334 g/mol. The Hall–Kier alpha value is -1.62. The molecule has 3 unspecified atom stereocenters. The Morgan fingerprint density at radius 3 is 2.57 bits per heavy atom. The van der Waals surface area contributed by atoms with Gasteiger partial charge in [0, 0.05) is 16.9 Å². The summed E-state index contributed by atoms with van der Waals surface area (Å²) in [7, 11) is 0. The summed E-state index contributed by atoms with van der Waals surface area (Å²) in [5.41, 5.74) is 1.11. The van der Waals surface area contributed by atoms with Crippen LogP contribution in [0.1, 0.15) is 31.2 Å². The second-order valence-corrected chi connectivity index (χ2v) is 6.31. The number of benzene rings is 1. The molecule has 21 heavy (non-hydrogen) atoms. The first kappa shape index (κ1) is 15.8. The van der Waals surface area contributed by atoms with Gasteiger partial charge in [0.25, 0.3) is 0 Å². The van der Waals surface area contributed by atoms with Gasteiger partial charge in [-0.05, 0) is 30.0 Å². The van der Waals surface area contributed by atoms with Crippen molar-refractivity contribution in [2.24, 2.45) is 5.92 Å². The molecule has 3 atom stereocenters. The van der Waals surface area contributed by atoms with E-state index < -0.39 is 11.9 Å². The third kappa shape index (κ3) is 4.43. The fourth-order valence-electron chi connectivity index (χ4n) is 2.44. The summed E-state index contributed by atoms with van der Waals surface area (Å²) in [6, 6.07) is 7.74. The molecule has 0 saturated heterocycles. The highest BCUT2D eigenvalue weighted by atomic mass is 79.9. The van der Waals surface area contributed by atoms with E-state index in [0.717, 1.165) is 10.0 Å². The van der Waals surface area contributed by atoms with E-state index in [4.69, 9.17) is 5.11 Å². The van der Waals surface area contributed by atoms with Crippen LogP contribution in [0.25, 0.3) is 0 Å². The molecule has 0 heterocycles. The van der Waals surface area contributed by atoms with Gasteiger partial charge >= 0.3 is 5.97 Å². The lowest BCUT2D eigenvalue weighted by atomic mass is 9.97. The van der Waals surface area contributed by atoms with Gasteiger partial charge in [-0.25, -0.2) is 0 Å². The average molecular weight is 352 g/mol. The Balaban J connectivity index is 1.84. The molecule has 0 radical (unpaired) electrons. The fourth-order valence-corrected chi connectivity index (χ4v) is 2.71. The molecule has 0 saturated carbocycles. The summed E-state index contributed by atoms with van der Waals surface area (Å²) >= 11 is 3.39. The number of carboxylic acid groups (broad SMARTS) is 1. The number of nitrogens with one attached hydrogen (secondary N) is 1.